The Hall–Kier alpha value is -0.980. The summed E-state index contributed by atoms with van der Waals surface area (Å²) in [6, 6.07) is 4.46. The van der Waals surface area contributed by atoms with Gasteiger partial charge in [-0.25, -0.2) is 0 Å². The minimum Gasteiger partial charge on any atom is -0.398 e. The van der Waals surface area contributed by atoms with E-state index in [-0.39, 0.29) is 7.43 Å². The molecule has 0 fully saturated rings. The molecule has 1 aliphatic carbocycles. The minimum atomic E-state index is 0. The number of fused-ring (bicyclic) bond motifs is 1. The highest BCUT2D eigenvalue weighted by Gasteiger charge is 2.16. The van der Waals surface area contributed by atoms with Gasteiger partial charge in [-0.1, -0.05) is 33.4 Å². The van der Waals surface area contributed by atoms with E-state index in [0.29, 0.717) is 5.92 Å². The van der Waals surface area contributed by atoms with Crippen LogP contribution in [-0.2, 0) is 12.8 Å². The summed E-state index contributed by atoms with van der Waals surface area (Å²) in [5.41, 5.74) is 11.4. The van der Waals surface area contributed by atoms with Gasteiger partial charge in [0, 0.05) is 5.69 Å². The van der Waals surface area contributed by atoms with Crippen molar-refractivity contribution >= 4 is 5.69 Å². The summed E-state index contributed by atoms with van der Waals surface area (Å²) >= 11 is 0. The predicted molar refractivity (Wildman–Crippen MR) is 63.7 cm³/mol. The minimum absolute atomic E-state index is 0. The van der Waals surface area contributed by atoms with Crippen molar-refractivity contribution in [1.82, 2.24) is 0 Å². The molecular weight excluding hydrogens is 170 g/mol. The summed E-state index contributed by atoms with van der Waals surface area (Å²) in [5.74, 6) is 0.547. The van der Waals surface area contributed by atoms with Crippen LogP contribution in [0.25, 0.3) is 0 Å². The van der Waals surface area contributed by atoms with Gasteiger partial charge < -0.3 is 5.73 Å². The van der Waals surface area contributed by atoms with Gasteiger partial charge >= 0.3 is 0 Å². The van der Waals surface area contributed by atoms with E-state index in [0.717, 1.165) is 5.69 Å². The molecule has 1 aromatic rings. The van der Waals surface area contributed by atoms with Crippen molar-refractivity contribution in [2.45, 2.75) is 46.5 Å². The summed E-state index contributed by atoms with van der Waals surface area (Å²) in [5, 5.41) is 0. The average molecular weight is 191 g/mol. The van der Waals surface area contributed by atoms with Crippen LogP contribution in [0.1, 0.15) is 50.3 Å². The highest BCUT2D eigenvalue weighted by molar-refractivity contribution is 5.59. The van der Waals surface area contributed by atoms with Crippen molar-refractivity contribution in [3.05, 3.63) is 28.8 Å². The predicted octanol–water partition coefficient (Wildman–Crippen LogP) is 3.52. The second-order valence-electron chi connectivity index (χ2n) is 4.21. The fourth-order valence-electron chi connectivity index (χ4n) is 2.22. The molecule has 0 heterocycles. The molecule has 14 heavy (non-hydrogen) atoms. The lowest BCUT2D eigenvalue weighted by Gasteiger charge is -2.13. The first kappa shape index (κ1) is 11.1. The Kier molecular flexibility index (Phi) is 3.20. The summed E-state index contributed by atoms with van der Waals surface area (Å²) in [7, 11) is 0. The topological polar surface area (TPSA) is 26.0 Å². The van der Waals surface area contributed by atoms with Gasteiger partial charge in [0.15, 0.2) is 0 Å². The molecular formula is C13H21N. The van der Waals surface area contributed by atoms with Crippen molar-refractivity contribution in [3.8, 4) is 0 Å². The maximum absolute atomic E-state index is 6.14. The van der Waals surface area contributed by atoms with E-state index in [9.17, 15) is 0 Å². The van der Waals surface area contributed by atoms with Gasteiger partial charge in [0.25, 0.3) is 0 Å². The standard InChI is InChI=1S/C12H17N.CH4/c1-8(2)10-7-6-9-4-3-5-11(9)12(10)13;/h6-8H,3-5,13H2,1-2H3;1H4. The lowest BCUT2D eigenvalue weighted by Crippen LogP contribution is -2.01. The number of aryl methyl sites for hydroxylation is 1. The van der Waals surface area contributed by atoms with Crippen LogP contribution < -0.4 is 5.73 Å². The van der Waals surface area contributed by atoms with Gasteiger partial charge in [-0.05, 0) is 41.9 Å². The summed E-state index contributed by atoms with van der Waals surface area (Å²) in [6.45, 7) is 4.40. The van der Waals surface area contributed by atoms with Crippen LogP contribution in [0, 0.1) is 0 Å². The number of rotatable bonds is 1. The van der Waals surface area contributed by atoms with E-state index in [1.807, 2.05) is 0 Å². The monoisotopic (exact) mass is 191 g/mol. The molecule has 0 radical (unpaired) electrons. The molecule has 0 aromatic heterocycles. The van der Waals surface area contributed by atoms with Crippen LogP contribution >= 0.6 is 0 Å². The molecule has 0 saturated heterocycles. The number of hydrogen-bond donors (Lipinski definition) is 1. The average Bonchev–Trinajstić information content (AvgIpc) is 2.52. The molecule has 2 rings (SSSR count). The van der Waals surface area contributed by atoms with Gasteiger partial charge in [0.1, 0.15) is 0 Å². The molecule has 78 valence electrons. The first-order valence-corrected chi connectivity index (χ1v) is 5.10. The number of nitrogen functional groups attached to an aromatic ring is 1. The Balaban J connectivity index is 0.000000980. The van der Waals surface area contributed by atoms with E-state index in [2.05, 4.69) is 26.0 Å². The van der Waals surface area contributed by atoms with Gasteiger partial charge in [-0.15, -0.1) is 0 Å². The van der Waals surface area contributed by atoms with Crippen LogP contribution in [0.5, 0.6) is 0 Å². The van der Waals surface area contributed by atoms with Crippen LogP contribution in [-0.4, -0.2) is 0 Å². The third-order valence-electron chi connectivity index (χ3n) is 2.98. The SMILES string of the molecule is C.CC(C)c1ccc2c(c1N)CCC2. The molecule has 2 N–H and O–H groups in total. The smallest absolute Gasteiger partial charge is 0.0384 e. The molecule has 0 atom stereocenters. The molecule has 0 saturated carbocycles. The zero-order valence-corrected chi connectivity index (χ0v) is 8.43. The summed E-state index contributed by atoms with van der Waals surface area (Å²) in [6.07, 6.45) is 3.68. The third kappa shape index (κ3) is 1.63. The largest absolute Gasteiger partial charge is 0.398 e. The van der Waals surface area contributed by atoms with Gasteiger partial charge in [-0.3, -0.25) is 0 Å². The molecule has 0 unspecified atom stereocenters. The molecule has 0 amide bonds. The van der Waals surface area contributed by atoms with E-state index >= 15 is 0 Å². The van der Waals surface area contributed by atoms with Crippen molar-refractivity contribution in [2.24, 2.45) is 0 Å². The Morgan fingerprint density at radius 2 is 1.93 bits per heavy atom. The summed E-state index contributed by atoms with van der Waals surface area (Å²) in [4.78, 5) is 0. The van der Waals surface area contributed by atoms with Gasteiger partial charge in [0.05, 0.1) is 0 Å². The van der Waals surface area contributed by atoms with Crippen LogP contribution in [0.2, 0.25) is 0 Å². The highest BCUT2D eigenvalue weighted by Crippen LogP contribution is 2.32. The Morgan fingerprint density at radius 1 is 1.21 bits per heavy atom. The van der Waals surface area contributed by atoms with E-state index in [1.165, 1.54) is 36.0 Å². The highest BCUT2D eigenvalue weighted by atomic mass is 14.6. The molecule has 1 heteroatoms. The maximum atomic E-state index is 6.14. The molecule has 0 aliphatic heterocycles. The second kappa shape index (κ2) is 4.04. The number of benzene rings is 1. The van der Waals surface area contributed by atoms with Crippen LogP contribution in [0.15, 0.2) is 12.1 Å². The third-order valence-corrected chi connectivity index (χ3v) is 2.98. The summed E-state index contributed by atoms with van der Waals surface area (Å²) < 4.78 is 0. The fourth-order valence-corrected chi connectivity index (χ4v) is 2.22. The first-order valence-electron chi connectivity index (χ1n) is 5.10. The zero-order chi connectivity index (χ0) is 9.42. The first-order chi connectivity index (χ1) is 6.20. The van der Waals surface area contributed by atoms with Gasteiger partial charge in [0.2, 0.25) is 0 Å². The van der Waals surface area contributed by atoms with Crippen LogP contribution in [0.4, 0.5) is 5.69 Å². The fraction of sp³-hybridized carbons (Fsp3) is 0.538. The number of nitrogens with two attached hydrogens (primary N) is 1. The quantitative estimate of drug-likeness (QED) is 0.675. The normalized spacial score (nSPS) is 13.9. The van der Waals surface area contributed by atoms with Gasteiger partial charge in [-0.2, -0.15) is 0 Å². The lowest BCUT2D eigenvalue weighted by molar-refractivity contribution is 0.866. The van der Waals surface area contributed by atoms with E-state index in [4.69, 9.17) is 5.73 Å². The van der Waals surface area contributed by atoms with Crippen LogP contribution in [0.3, 0.4) is 0 Å². The molecule has 0 bridgehead atoms. The number of hydrogen-bond acceptors (Lipinski definition) is 1. The molecule has 1 aliphatic rings. The Labute approximate surface area is 87.3 Å². The Bertz CT molecular complexity index is 326. The molecule has 1 nitrogen and oxygen atoms in total. The Morgan fingerprint density at radius 3 is 2.57 bits per heavy atom. The van der Waals surface area contributed by atoms with Crippen molar-refractivity contribution in [1.29, 1.82) is 0 Å². The number of anilines is 1. The second-order valence-corrected chi connectivity index (χ2v) is 4.21. The lowest BCUT2D eigenvalue weighted by atomic mass is 9.96. The van der Waals surface area contributed by atoms with E-state index < -0.39 is 0 Å². The molecule has 0 spiro atoms. The van der Waals surface area contributed by atoms with Crippen molar-refractivity contribution < 1.29 is 0 Å². The molecule has 1 aromatic carbocycles. The maximum Gasteiger partial charge on any atom is 0.0384 e. The van der Waals surface area contributed by atoms with E-state index in [1.54, 1.807) is 0 Å². The van der Waals surface area contributed by atoms with Crippen molar-refractivity contribution in [3.63, 3.8) is 0 Å². The zero-order valence-electron chi connectivity index (χ0n) is 8.43. The van der Waals surface area contributed by atoms with Crippen molar-refractivity contribution in [2.75, 3.05) is 5.73 Å².